The van der Waals surface area contributed by atoms with Crippen LogP contribution in [-0.4, -0.2) is 42.4 Å². The predicted molar refractivity (Wildman–Crippen MR) is 81.4 cm³/mol. The normalized spacial score (nSPS) is 25.0. The number of halogens is 1. The molecule has 21 heavy (non-hydrogen) atoms. The molecular weight excluding hydrogens is 269 g/mol. The Kier molecular flexibility index (Phi) is 6.15. The van der Waals surface area contributed by atoms with E-state index < -0.39 is 6.10 Å². The zero-order valence-electron chi connectivity index (χ0n) is 13.0. The Morgan fingerprint density at radius 2 is 1.95 bits per heavy atom. The standard InChI is InChI=1S/C17H26FNO2/c1-13-7-14(2)9-19(8-13)10-16(20)12-21-11-15-5-3-4-6-17(15)18/h3-6,13-14,16,20H,7-12H2,1-2H3/t13-,14+,16-/m0/s1. The molecule has 3 atom stereocenters. The van der Waals surface area contributed by atoms with Crippen molar-refractivity contribution in [2.45, 2.75) is 33.0 Å². The maximum atomic E-state index is 13.4. The van der Waals surface area contributed by atoms with E-state index in [-0.39, 0.29) is 19.0 Å². The Labute approximate surface area is 126 Å². The molecule has 1 aliphatic rings. The Hall–Kier alpha value is -0.970. The predicted octanol–water partition coefficient (Wildman–Crippen LogP) is 2.68. The average molecular weight is 295 g/mol. The van der Waals surface area contributed by atoms with Gasteiger partial charge in [0.1, 0.15) is 5.82 Å². The molecule has 0 amide bonds. The summed E-state index contributed by atoms with van der Waals surface area (Å²) in [6, 6.07) is 6.57. The third kappa shape index (κ3) is 5.38. The Morgan fingerprint density at radius 3 is 2.62 bits per heavy atom. The molecule has 2 rings (SSSR count). The molecule has 0 spiro atoms. The highest BCUT2D eigenvalue weighted by Gasteiger charge is 2.23. The maximum Gasteiger partial charge on any atom is 0.128 e. The van der Waals surface area contributed by atoms with Crippen molar-refractivity contribution in [3.8, 4) is 0 Å². The Balaban J connectivity index is 1.70. The van der Waals surface area contributed by atoms with Crippen molar-refractivity contribution < 1.29 is 14.2 Å². The van der Waals surface area contributed by atoms with Crippen molar-refractivity contribution in [3.63, 3.8) is 0 Å². The van der Waals surface area contributed by atoms with Crippen LogP contribution in [0.15, 0.2) is 24.3 Å². The fraction of sp³-hybridized carbons (Fsp3) is 0.647. The summed E-state index contributed by atoms with van der Waals surface area (Å²) in [6.45, 7) is 7.66. The van der Waals surface area contributed by atoms with E-state index >= 15 is 0 Å². The van der Waals surface area contributed by atoms with E-state index in [1.165, 1.54) is 12.5 Å². The molecule has 1 heterocycles. The van der Waals surface area contributed by atoms with Gasteiger partial charge >= 0.3 is 0 Å². The molecule has 1 aromatic rings. The molecule has 0 unspecified atom stereocenters. The zero-order valence-corrected chi connectivity index (χ0v) is 13.0. The van der Waals surface area contributed by atoms with Crippen LogP contribution in [0.4, 0.5) is 4.39 Å². The largest absolute Gasteiger partial charge is 0.389 e. The molecule has 3 nitrogen and oxygen atoms in total. The number of β-amino-alcohol motifs (C(OH)–C–C–N with tert-alkyl or cyclic N) is 1. The number of likely N-dealkylation sites (tertiary alicyclic amines) is 1. The fourth-order valence-corrected chi connectivity index (χ4v) is 3.21. The highest BCUT2D eigenvalue weighted by atomic mass is 19.1. The number of hydrogen-bond acceptors (Lipinski definition) is 3. The van der Waals surface area contributed by atoms with E-state index in [1.807, 2.05) is 0 Å². The van der Waals surface area contributed by atoms with Crippen LogP contribution in [0.3, 0.4) is 0 Å². The molecule has 1 fully saturated rings. The van der Waals surface area contributed by atoms with Gasteiger partial charge in [-0.3, -0.25) is 0 Å². The lowest BCUT2D eigenvalue weighted by Gasteiger charge is -2.35. The molecule has 4 heteroatoms. The quantitative estimate of drug-likeness (QED) is 0.876. The first kappa shape index (κ1) is 16.4. The molecule has 1 aromatic carbocycles. The minimum absolute atomic E-state index is 0.205. The molecule has 118 valence electrons. The number of ether oxygens (including phenoxy) is 1. The lowest BCUT2D eigenvalue weighted by atomic mass is 9.92. The van der Waals surface area contributed by atoms with Gasteiger partial charge in [-0.25, -0.2) is 4.39 Å². The van der Waals surface area contributed by atoms with Gasteiger partial charge in [-0.1, -0.05) is 32.0 Å². The molecule has 0 saturated carbocycles. The van der Waals surface area contributed by atoms with Crippen LogP contribution in [0.2, 0.25) is 0 Å². The van der Waals surface area contributed by atoms with E-state index in [4.69, 9.17) is 4.74 Å². The molecule has 0 radical (unpaired) electrons. The van der Waals surface area contributed by atoms with Gasteiger partial charge < -0.3 is 14.7 Å². The van der Waals surface area contributed by atoms with Gasteiger partial charge in [0.25, 0.3) is 0 Å². The summed E-state index contributed by atoms with van der Waals surface area (Å²) in [7, 11) is 0. The topological polar surface area (TPSA) is 32.7 Å². The Bertz CT molecular complexity index is 431. The van der Waals surface area contributed by atoms with Gasteiger partial charge in [-0.05, 0) is 24.3 Å². The summed E-state index contributed by atoms with van der Waals surface area (Å²) in [5.74, 6) is 1.10. The van der Waals surface area contributed by atoms with Crippen molar-refractivity contribution in [3.05, 3.63) is 35.6 Å². The van der Waals surface area contributed by atoms with Crippen LogP contribution in [0.5, 0.6) is 0 Å². The first-order valence-electron chi connectivity index (χ1n) is 7.76. The van der Waals surface area contributed by atoms with Gasteiger partial charge in [-0.2, -0.15) is 0 Å². The number of aliphatic hydroxyl groups is 1. The minimum atomic E-state index is -0.519. The Morgan fingerprint density at radius 1 is 1.29 bits per heavy atom. The van der Waals surface area contributed by atoms with Crippen molar-refractivity contribution in [1.82, 2.24) is 4.90 Å². The molecule has 1 aliphatic heterocycles. The van der Waals surface area contributed by atoms with Crippen LogP contribution in [0.1, 0.15) is 25.8 Å². The van der Waals surface area contributed by atoms with Crippen LogP contribution < -0.4 is 0 Å². The van der Waals surface area contributed by atoms with Gasteiger partial charge in [0.2, 0.25) is 0 Å². The zero-order chi connectivity index (χ0) is 15.2. The molecule has 1 saturated heterocycles. The summed E-state index contributed by atoms with van der Waals surface area (Å²) in [4.78, 5) is 2.30. The van der Waals surface area contributed by atoms with E-state index in [1.54, 1.807) is 18.2 Å². The smallest absolute Gasteiger partial charge is 0.128 e. The fourth-order valence-electron chi connectivity index (χ4n) is 3.21. The minimum Gasteiger partial charge on any atom is -0.389 e. The first-order valence-corrected chi connectivity index (χ1v) is 7.76. The summed E-state index contributed by atoms with van der Waals surface area (Å²) in [5, 5.41) is 10.1. The number of nitrogens with zero attached hydrogens (tertiary/aromatic N) is 1. The molecule has 1 N–H and O–H groups in total. The van der Waals surface area contributed by atoms with E-state index in [2.05, 4.69) is 18.7 Å². The highest BCUT2D eigenvalue weighted by molar-refractivity contribution is 5.16. The van der Waals surface area contributed by atoms with Gasteiger partial charge in [0.05, 0.1) is 19.3 Å². The number of benzene rings is 1. The second kappa shape index (κ2) is 7.87. The van der Waals surface area contributed by atoms with E-state index in [0.717, 1.165) is 13.1 Å². The SMILES string of the molecule is C[C@@H]1C[C@H](C)CN(C[C@H](O)COCc2ccccc2F)C1. The lowest BCUT2D eigenvalue weighted by Crippen LogP contribution is -2.43. The van der Waals surface area contributed by atoms with Gasteiger partial charge in [-0.15, -0.1) is 0 Å². The number of hydrogen-bond donors (Lipinski definition) is 1. The second-order valence-electron chi connectivity index (χ2n) is 6.42. The molecule has 0 bridgehead atoms. The van der Waals surface area contributed by atoms with Crippen LogP contribution in [0.25, 0.3) is 0 Å². The maximum absolute atomic E-state index is 13.4. The number of aliphatic hydroxyl groups excluding tert-OH is 1. The molecular formula is C17H26FNO2. The highest BCUT2D eigenvalue weighted by Crippen LogP contribution is 2.20. The van der Waals surface area contributed by atoms with Crippen LogP contribution >= 0.6 is 0 Å². The number of rotatable bonds is 6. The van der Waals surface area contributed by atoms with Gasteiger partial charge in [0, 0.05) is 25.2 Å². The van der Waals surface area contributed by atoms with Gasteiger partial charge in [0.15, 0.2) is 0 Å². The van der Waals surface area contributed by atoms with Crippen molar-refractivity contribution >= 4 is 0 Å². The van der Waals surface area contributed by atoms with Crippen molar-refractivity contribution in [1.29, 1.82) is 0 Å². The molecule has 0 aromatic heterocycles. The molecule has 0 aliphatic carbocycles. The summed E-state index contributed by atoms with van der Waals surface area (Å²) in [5.41, 5.74) is 0.532. The third-order valence-electron chi connectivity index (χ3n) is 3.94. The average Bonchev–Trinajstić information content (AvgIpc) is 2.39. The van der Waals surface area contributed by atoms with E-state index in [9.17, 15) is 9.50 Å². The summed E-state index contributed by atoms with van der Waals surface area (Å²) < 4.78 is 18.9. The lowest BCUT2D eigenvalue weighted by molar-refractivity contribution is -0.00151. The third-order valence-corrected chi connectivity index (χ3v) is 3.94. The first-order chi connectivity index (χ1) is 10.0. The number of piperidine rings is 1. The summed E-state index contributed by atoms with van der Waals surface area (Å²) in [6.07, 6.45) is 0.741. The van der Waals surface area contributed by atoms with E-state index in [0.29, 0.717) is 23.9 Å². The van der Waals surface area contributed by atoms with Crippen LogP contribution in [0, 0.1) is 17.7 Å². The van der Waals surface area contributed by atoms with Crippen molar-refractivity contribution in [2.24, 2.45) is 11.8 Å². The van der Waals surface area contributed by atoms with Crippen molar-refractivity contribution in [2.75, 3.05) is 26.2 Å². The summed E-state index contributed by atoms with van der Waals surface area (Å²) >= 11 is 0. The monoisotopic (exact) mass is 295 g/mol. The second-order valence-corrected chi connectivity index (χ2v) is 6.42. The van der Waals surface area contributed by atoms with Crippen LogP contribution in [-0.2, 0) is 11.3 Å².